The summed E-state index contributed by atoms with van der Waals surface area (Å²) in [6.45, 7) is 0.280. The van der Waals surface area contributed by atoms with Crippen molar-refractivity contribution >= 4 is 31.9 Å². The van der Waals surface area contributed by atoms with Gasteiger partial charge >= 0.3 is 0 Å². The van der Waals surface area contributed by atoms with Crippen molar-refractivity contribution in [3.63, 3.8) is 0 Å². The highest BCUT2D eigenvalue weighted by atomic mass is 79.9. The van der Waals surface area contributed by atoms with Crippen LogP contribution >= 0.6 is 31.9 Å². The van der Waals surface area contributed by atoms with Crippen LogP contribution < -0.4 is 10.5 Å². The van der Waals surface area contributed by atoms with Gasteiger partial charge in [-0.1, -0.05) is 15.9 Å². The summed E-state index contributed by atoms with van der Waals surface area (Å²) in [5, 5.41) is 0. The van der Waals surface area contributed by atoms with Crippen molar-refractivity contribution in [3.05, 3.63) is 62.0 Å². The van der Waals surface area contributed by atoms with Crippen LogP contribution in [0.2, 0.25) is 0 Å². The smallest absolute Gasteiger partial charge is 0.146 e. The molecule has 0 bridgehead atoms. The maximum absolute atomic E-state index is 13.9. The fraction of sp³-hybridized carbons (Fsp3) is 0.200. The first-order chi connectivity index (χ1) is 10.0. The Kier molecular flexibility index (Phi) is 5.72. The number of nitrogens with two attached hydrogens (primary N) is 1. The van der Waals surface area contributed by atoms with Crippen molar-refractivity contribution in [2.75, 3.05) is 6.54 Å². The summed E-state index contributed by atoms with van der Waals surface area (Å²) in [5.41, 5.74) is 6.34. The molecule has 112 valence electrons. The third-order valence-electron chi connectivity index (χ3n) is 2.95. The second-order valence-electron chi connectivity index (χ2n) is 4.40. The Morgan fingerprint density at radius 3 is 2.57 bits per heavy atom. The summed E-state index contributed by atoms with van der Waals surface area (Å²) in [4.78, 5) is 0. The average molecular weight is 421 g/mol. The minimum atomic E-state index is -0.646. The highest BCUT2D eigenvalue weighted by Crippen LogP contribution is 2.27. The Morgan fingerprint density at radius 1 is 1.10 bits per heavy atom. The second kappa shape index (κ2) is 7.33. The van der Waals surface area contributed by atoms with Crippen molar-refractivity contribution in [2.24, 2.45) is 5.73 Å². The summed E-state index contributed by atoms with van der Waals surface area (Å²) < 4.78 is 34.2. The molecule has 0 aliphatic rings. The maximum atomic E-state index is 13.9. The van der Waals surface area contributed by atoms with Crippen LogP contribution in [-0.4, -0.2) is 6.54 Å². The van der Waals surface area contributed by atoms with Crippen LogP contribution in [0, 0.1) is 11.6 Å². The van der Waals surface area contributed by atoms with E-state index < -0.39 is 11.6 Å². The highest BCUT2D eigenvalue weighted by Gasteiger charge is 2.14. The van der Waals surface area contributed by atoms with E-state index in [1.165, 1.54) is 12.1 Å². The summed E-state index contributed by atoms with van der Waals surface area (Å²) in [6.07, 6.45) is 0.623. The van der Waals surface area contributed by atoms with E-state index in [0.29, 0.717) is 18.7 Å². The summed E-state index contributed by atoms with van der Waals surface area (Å²) >= 11 is 6.41. The van der Waals surface area contributed by atoms with E-state index in [0.717, 1.165) is 10.0 Å². The molecule has 0 aliphatic heterocycles. The molecule has 0 spiro atoms. The zero-order valence-electron chi connectivity index (χ0n) is 11.0. The van der Waals surface area contributed by atoms with E-state index in [4.69, 9.17) is 10.5 Å². The maximum Gasteiger partial charge on any atom is 0.146 e. The van der Waals surface area contributed by atoms with Gasteiger partial charge in [0.1, 0.15) is 24.0 Å². The number of hydrogen-bond donors (Lipinski definition) is 1. The van der Waals surface area contributed by atoms with Crippen LogP contribution in [0.3, 0.4) is 0 Å². The summed E-state index contributed by atoms with van der Waals surface area (Å²) in [7, 11) is 0. The summed E-state index contributed by atoms with van der Waals surface area (Å²) in [6, 6.07) is 7.98. The molecule has 0 aromatic heterocycles. The van der Waals surface area contributed by atoms with Gasteiger partial charge in [0.15, 0.2) is 0 Å². The Hall–Kier alpha value is -0.980. The standard InChI is InChI=1S/C15H13Br2F2NO/c16-10-1-4-14(9(7-10)5-6-20)21-8-11-13(18)3-2-12(17)15(11)19/h1-4,7H,5-6,8,20H2. The van der Waals surface area contributed by atoms with Gasteiger partial charge in [0, 0.05) is 4.47 Å². The van der Waals surface area contributed by atoms with Gasteiger partial charge in [0.05, 0.1) is 10.0 Å². The molecular weight excluding hydrogens is 408 g/mol. The zero-order valence-corrected chi connectivity index (χ0v) is 14.2. The van der Waals surface area contributed by atoms with Crippen molar-refractivity contribution in [3.8, 4) is 5.75 Å². The van der Waals surface area contributed by atoms with E-state index in [2.05, 4.69) is 31.9 Å². The molecule has 0 amide bonds. The first-order valence-electron chi connectivity index (χ1n) is 6.26. The third kappa shape index (κ3) is 4.02. The van der Waals surface area contributed by atoms with Crippen molar-refractivity contribution in [2.45, 2.75) is 13.0 Å². The van der Waals surface area contributed by atoms with Crippen LogP contribution in [0.4, 0.5) is 8.78 Å². The fourth-order valence-corrected chi connectivity index (χ4v) is 2.67. The van der Waals surface area contributed by atoms with Gasteiger partial charge in [0.2, 0.25) is 0 Å². The molecule has 2 nitrogen and oxygen atoms in total. The van der Waals surface area contributed by atoms with Gasteiger partial charge < -0.3 is 10.5 Å². The van der Waals surface area contributed by atoms with Gasteiger partial charge in [-0.2, -0.15) is 0 Å². The van der Waals surface area contributed by atoms with Crippen LogP contribution in [-0.2, 0) is 13.0 Å². The van der Waals surface area contributed by atoms with E-state index in [1.807, 2.05) is 12.1 Å². The predicted octanol–water partition coefficient (Wildman–Crippen LogP) is 4.57. The topological polar surface area (TPSA) is 35.2 Å². The van der Waals surface area contributed by atoms with Crippen LogP contribution in [0.25, 0.3) is 0 Å². The normalized spacial score (nSPS) is 10.7. The Labute approximate surface area is 138 Å². The molecule has 0 atom stereocenters. The van der Waals surface area contributed by atoms with Gasteiger partial charge in [-0.25, -0.2) is 8.78 Å². The van der Waals surface area contributed by atoms with Gasteiger partial charge in [-0.3, -0.25) is 0 Å². The van der Waals surface area contributed by atoms with Crippen molar-refractivity contribution < 1.29 is 13.5 Å². The Morgan fingerprint density at radius 2 is 1.86 bits per heavy atom. The van der Waals surface area contributed by atoms with Crippen molar-refractivity contribution in [1.29, 1.82) is 0 Å². The van der Waals surface area contributed by atoms with Gasteiger partial charge in [0.25, 0.3) is 0 Å². The fourth-order valence-electron chi connectivity index (χ4n) is 1.89. The molecule has 0 saturated carbocycles. The first kappa shape index (κ1) is 16.4. The molecule has 0 fully saturated rings. The third-order valence-corrected chi connectivity index (χ3v) is 4.05. The Bertz CT molecular complexity index is 650. The van der Waals surface area contributed by atoms with Gasteiger partial charge in [-0.05, 0) is 64.8 Å². The minimum absolute atomic E-state index is 0.106. The van der Waals surface area contributed by atoms with Gasteiger partial charge in [-0.15, -0.1) is 0 Å². The molecule has 0 heterocycles. The molecule has 0 radical (unpaired) electrons. The predicted molar refractivity (Wildman–Crippen MR) is 85.3 cm³/mol. The quantitative estimate of drug-likeness (QED) is 0.719. The van der Waals surface area contributed by atoms with E-state index in [-0.39, 0.29) is 16.6 Å². The van der Waals surface area contributed by atoms with E-state index in [1.54, 1.807) is 6.07 Å². The van der Waals surface area contributed by atoms with Crippen LogP contribution in [0.15, 0.2) is 39.3 Å². The monoisotopic (exact) mass is 419 g/mol. The molecule has 0 saturated heterocycles. The summed E-state index contributed by atoms with van der Waals surface area (Å²) in [5.74, 6) is -0.705. The van der Waals surface area contributed by atoms with E-state index >= 15 is 0 Å². The molecule has 2 aromatic rings. The number of halogens is 4. The molecule has 0 aliphatic carbocycles. The highest BCUT2D eigenvalue weighted by molar-refractivity contribution is 9.10. The van der Waals surface area contributed by atoms with Crippen molar-refractivity contribution in [1.82, 2.24) is 0 Å². The first-order valence-corrected chi connectivity index (χ1v) is 7.85. The zero-order chi connectivity index (χ0) is 15.4. The molecule has 21 heavy (non-hydrogen) atoms. The number of ether oxygens (including phenoxy) is 1. The number of benzene rings is 2. The van der Waals surface area contributed by atoms with E-state index in [9.17, 15) is 8.78 Å². The number of rotatable bonds is 5. The van der Waals surface area contributed by atoms with Crippen LogP contribution in [0.1, 0.15) is 11.1 Å². The SMILES string of the molecule is NCCc1cc(Br)ccc1OCc1c(F)ccc(Br)c1F. The lowest BCUT2D eigenvalue weighted by Gasteiger charge is -2.13. The average Bonchev–Trinajstić information content (AvgIpc) is 2.45. The lowest BCUT2D eigenvalue weighted by Crippen LogP contribution is -2.07. The van der Waals surface area contributed by atoms with Crippen LogP contribution in [0.5, 0.6) is 5.75 Å². The molecule has 2 aromatic carbocycles. The number of hydrogen-bond acceptors (Lipinski definition) is 2. The molecule has 6 heteroatoms. The molecule has 2 N–H and O–H groups in total. The molecule has 2 rings (SSSR count). The lowest BCUT2D eigenvalue weighted by molar-refractivity contribution is 0.289. The molecular formula is C15H13Br2F2NO. The largest absolute Gasteiger partial charge is 0.488 e. The minimum Gasteiger partial charge on any atom is -0.488 e. The molecule has 0 unspecified atom stereocenters. The second-order valence-corrected chi connectivity index (χ2v) is 6.17. The lowest BCUT2D eigenvalue weighted by atomic mass is 10.1. The Balaban J connectivity index is 2.23.